The van der Waals surface area contributed by atoms with Gasteiger partial charge in [0.25, 0.3) is 5.91 Å². The molecule has 1 atom stereocenters. The van der Waals surface area contributed by atoms with Crippen molar-refractivity contribution < 1.29 is 31.1 Å². The highest BCUT2D eigenvalue weighted by Crippen LogP contribution is 2.35. The normalized spacial score (nSPS) is 19.7. The second kappa shape index (κ2) is 5.93. The first-order valence-corrected chi connectivity index (χ1v) is 6.85. The number of hydrogen-bond donors (Lipinski definition) is 1. The number of amides is 1. The number of rotatable bonds is 1. The number of alkyl halides is 6. The number of halogens is 6. The zero-order valence-corrected chi connectivity index (χ0v) is 11.8. The van der Waals surface area contributed by atoms with Gasteiger partial charge in [-0.15, -0.1) is 0 Å². The van der Waals surface area contributed by atoms with Crippen molar-refractivity contribution in [3.05, 3.63) is 29.3 Å². The van der Waals surface area contributed by atoms with E-state index in [0.29, 0.717) is 29.9 Å². The standard InChI is InChI=1S/C14H14F6N2O/c15-13(16,17)9-5-8(6-10(21)7-9)12(23)22-4-2-1-3-11(22)14(18,19)20/h5-7,11H,1-4,21H2. The summed E-state index contributed by atoms with van der Waals surface area (Å²) in [6, 6.07) is 0.133. The molecule has 2 rings (SSSR count). The van der Waals surface area contributed by atoms with Crippen molar-refractivity contribution in [3.8, 4) is 0 Å². The van der Waals surface area contributed by atoms with Crippen LogP contribution in [0.15, 0.2) is 18.2 Å². The van der Waals surface area contributed by atoms with Crippen molar-refractivity contribution >= 4 is 11.6 Å². The quantitative estimate of drug-likeness (QED) is 0.624. The van der Waals surface area contributed by atoms with Crippen LogP contribution in [-0.4, -0.2) is 29.6 Å². The molecule has 0 saturated carbocycles. The Labute approximate surface area is 128 Å². The fraction of sp³-hybridized carbons (Fsp3) is 0.500. The highest BCUT2D eigenvalue weighted by atomic mass is 19.4. The lowest BCUT2D eigenvalue weighted by Gasteiger charge is -2.36. The minimum Gasteiger partial charge on any atom is -0.399 e. The minimum absolute atomic E-state index is 0.154. The third-order valence-electron chi connectivity index (χ3n) is 3.67. The van der Waals surface area contributed by atoms with Crippen LogP contribution in [-0.2, 0) is 6.18 Å². The Bertz CT molecular complexity index is 596. The van der Waals surface area contributed by atoms with Crippen LogP contribution >= 0.6 is 0 Å². The number of carbonyl (C=O) groups is 1. The van der Waals surface area contributed by atoms with Crippen LogP contribution in [0, 0.1) is 0 Å². The van der Waals surface area contributed by atoms with Gasteiger partial charge in [0.05, 0.1) is 5.56 Å². The molecule has 1 unspecified atom stereocenters. The molecule has 0 spiro atoms. The summed E-state index contributed by atoms with van der Waals surface area (Å²) in [5, 5.41) is 0. The molecule has 2 N–H and O–H groups in total. The molecule has 1 amide bonds. The number of carbonyl (C=O) groups excluding carboxylic acids is 1. The molecule has 23 heavy (non-hydrogen) atoms. The molecule has 1 aromatic carbocycles. The van der Waals surface area contributed by atoms with Gasteiger partial charge in [0, 0.05) is 17.8 Å². The van der Waals surface area contributed by atoms with Gasteiger partial charge in [-0.3, -0.25) is 4.79 Å². The van der Waals surface area contributed by atoms with Crippen LogP contribution in [0.2, 0.25) is 0 Å². The molecule has 1 saturated heterocycles. The maximum Gasteiger partial charge on any atom is 0.416 e. The number of nitrogens with zero attached hydrogens (tertiary/aromatic N) is 1. The van der Waals surface area contributed by atoms with Crippen molar-refractivity contribution in [3.63, 3.8) is 0 Å². The van der Waals surface area contributed by atoms with Gasteiger partial charge >= 0.3 is 12.4 Å². The van der Waals surface area contributed by atoms with Crippen LogP contribution in [0.25, 0.3) is 0 Å². The number of nitrogens with two attached hydrogens (primary N) is 1. The van der Waals surface area contributed by atoms with Crippen molar-refractivity contribution in [2.75, 3.05) is 12.3 Å². The molecule has 0 bridgehead atoms. The van der Waals surface area contributed by atoms with E-state index in [1.165, 1.54) is 0 Å². The number of piperidine rings is 1. The van der Waals surface area contributed by atoms with Crippen molar-refractivity contribution in [2.24, 2.45) is 0 Å². The van der Waals surface area contributed by atoms with E-state index >= 15 is 0 Å². The SMILES string of the molecule is Nc1cc(C(=O)N2CCCCC2C(F)(F)F)cc(C(F)(F)F)c1. The van der Waals surface area contributed by atoms with E-state index in [4.69, 9.17) is 5.73 Å². The van der Waals surface area contributed by atoms with Gasteiger partial charge in [0.2, 0.25) is 0 Å². The zero-order chi connectivity index (χ0) is 17.4. The van der Waals surface area contributed by atoms with Gasteiger partial charge in [-0.05, 0) is 37.5 Å². The fourth-order valence-electron chi connectivity index (χ4n) is 2.62. The van der Waals surface area contributed by atoms with E-state index in [9.17, 15) is 31.1 Å². The molecule has 0 aliphatic carbocycles. The Morgan fingerprint density at radius 2 is 1.74 bits per heavy atom. The molecule has 1 aromatic rings. The lowest BCUT2D eigenvalue weighted by Crippen LogP contribution is -2.51. The van der Waals surface area contributed by atoms with E-state index in [0.717, 1.165) is 6.07 Å². The summed E-state index contributed by atoms with van der Waals surface area (Å²) in [7, 11) is 0. The lowest BCUT2D eigenvalue weighted by molar-refractivity contribution is -0.183. The van der Waals surface area contributed by atoms with Crippen molar-refractivity contribution in [1.82, 2.24) is 4.90 Å². The van der Waals surface area contributed by atoms with Gasteiger partial charge < -0.3 is 10.6 Å². The monoisotopic (exact) mass is 340 g/mol. The average Bonchev–Trinajstić information content (AvgIpc) is 2.44. The predicted octanol–water partition coefficient (Wildman–Crippen LogP) is 3.84. The third-order valence-corrected chi connectivity index (χ3v) is 3.67. The molecule has 1 heterocycles. The number of likely N-dealkylation sites (tertiary alicyclic amines) is 1. The maximum atomic E-state index is 13.0. The third kappa shape index (κ3) is 3.89. The predicted molar refractivity (Wildman–Crippen MR) is 70.6 cm³/mol. The summed E-state index contributed by atoms with van der Waals surface area (Å²) in [5.74, 6) is -1.09. The second-order valence-corrected chi connectivity index (χ2v) is 5.39. The molecule has 0 aromatic heterocycles. The highest BCUT2D eigenvalue weighted by molar-refractivity contribution is 5.95. The Balaban J connectivity index is 2.37. The van der Waals surface area contributed by atoms with Crippen molar-refractivity contribution in [2.45, 2.75) is 37.7 Å². The summed E-state index contributed by atoms with van der Waals surface area (Å²) in [6.45, 7) is -0.154. The van der Waals surface area contributed by atoms with E-state index in [1.54, 1.807) is 0 Å². The maximum absolute atomic E-state index is 13.0. The molecule has 1 aliphatic heterocycles. The first kappa shape index (κ1) is 17.4. The second-order valence-electron chi connectivity index (χ2n) is 5.39. The van der Waals surface area contributed by atoms with E-state index < -0.39 is 35.4 Å². The van der Waals surface area contributed by atoms with E-state index in [2.05, 4.69) is 0 Å². The number of benzene rings is 1. The van der Waals surface area contributed by atoms with Crippen LogP contribution in [0.5, 0.6) is 0 Å². The molecule has 3 nitrogen and oxygen atoms in total. The van der Waals surface area contributed by atoms with Crippen LogP contribution in [0.1, 0.15) is 35.2 Å². The van der Waals surface area contributed by atoms with Crippen LogP contribution in [0.3, 0.4) is 0 Å². The Kier molecular flexibility index (Phi) is 4.50. The van der Waals surface area contributed by atoms with Crippen LogP contribution < -0.4 is 5.73 Å². The Morgan fingerprint density at radius 3 is 2.30 bits per heavy atom. The fourth-order valence-corrected chi connectivity index (χ4v) is 2.62. The molecule has 0 radical (unpaired) electrons. The van der Waals surface area contributed by atoms with Gasteiger partial charge in [0.15, 0.2) is 0 Å². The Morgan fingerprint density at radius 1 is 1.09 bits per heavy atom. The molecule has 1 aliphatic rings. The van der Waals surface area contributed by atoms with Gasteiger partial charge in [-0.1, -0.05) is 0 Å². The summed E-state index contributed by atoms with van der Waals surface area (Å²) in [5.41, 5.74) is 3.36. The minimum atomic E-state index is -4.74. The Hall–Kier alpha value is -1.93. The highest BCUT2D eigenvalue weighted by Gasteiger charge is 2.46. The molecule has 1 fully saturated rings. The first-order valence-electron chi connectivity index (χ1n) is 6.85. The lowest BCUT2D eigenvalue weighted by atomic mass is 9.99. The molecular weight excluding hydrogens is 326 g/mol. The van der Waals surface area contributed by atoms with E-state index in [1.807, 2.05) is 0 Å². The molecular formula is C14H14F6N2O. The topological polar surface area (TPSA) is 46.3 Å². The summed E-state index contributed by atoms with van der Waals surface area (Å²) in [6.07, 6.45) is -8.95. The number of nitrogen functional groups attached to an aromatic ring is 1. The smallest absolute Gasteiger partial charge is 0.399 e. The summed E-state index contributed by atoms with van der Waals surface area (Å²) >= 11 is 0. The summed E-state index contributed by atoms with van der Waals surface area (Å²) < 4.78 is 77.3. The van der Waals surface area contributed by atoms with Gasteiger partial charge in [-0.2, -0.15) is 26.3 Å². The zero-order valence-electron chi connectivity index (χ0n) is 11.8. The average molecular weight is 340 g/mol. The van der Waals surface area contributed by atoms with Gasteiger partial charge in [-0.25, -0.2) is 0 Å². The van der Waals surface area contributed by atoms with Crippen LogP contribution in [0.4, 0.5) is 32.0 Å². The molecule has 9 heteroatoms. The molecule has 128 valence electrons. The van der Waals surface area contributed by atoms with Crippen molar-refractivity contribution in [1.29, 1.82) is 0 Å². The first-order chi connectivity index (χ1) is 10.5. The summed E-state index contributed by atoms with van der Waals surface area (Å²) in [4.78, 5) is 12.9. The largest absolute Gasteiger partial charge is 0.416 e. The number of anilines is 1. The number of hydrogen-bond acceptors (Lipinski definition) is 2. The van der Waals surface area contributed by atoms with E-state index in [-0.39, 0.29) is 18.7 Å². The van der Waals surface area contributed by atoms with Gasteiger partial charge in [0.1, 0.15) is 6.04 Å².